The summed E-state index contributed by atoms with van der Waals surface area (Å²) in [5, 5.41) is 3.45. The molecule has 1 N–H and O–H groups in total. The predicted molar refractivity (Wildman–Crippen MR) is 82.6 cm³/mol. The summed E-state index contributed by atoms with van der Waals surface area (Å²) in [6, 6.07) is 17.9. The van der Waals surface area contributed by atoms with Crippen molar-refractivity contribution >= 4 is 21.6 Å². The fraction of sp³-hybridized carbons (Fsp3) is 0.0625. The van der Waals surface area contributed by atoms with E-state index >= 15 is 0 Å². The summed E-state index contributed by atoms with van der Waals surface area (Å²) in [6.45, 7) is 0. The summed E-state index contributed by atoms with van der Waals surface area (Å²) in [4.78, 5) is 4.23. The van der Waals surface area contributed by atoms with E-state index in [1.165, 1.54) is 0 Å². The minimum atomic E-state index is -0.0332. The third kappa shape index (κ3) is 2.91. The van der Waals surface area contributed by atoms with E-state index in [1.54, 1.807) is 12.5 Å². The second-order valence-electron chi connectivity index (χ2n) is 4.37. The minimum Gasteiger partial charge on any atom is -0.467 e. The zero-order valence-corrected chi connectivity index (χ0v) is 12.2. The van der Waals surface area contributed by atoms with Gasteiger partial charge in [0.15, 0.2) is 0 Å². The molecule has 1 aromatic carbocycles. The Bertz CT molecular complexity index is 651. The Balaban J connectivity index is 1.92. The Kier molecular flexibility index (Phi) is 3.83. The lowest BCUT2D eigenvalue weighted by molar-refractivity contribution is 0.499. The molecule has 3 nitrogen and oxygen atoms in total. The van der Waals surface area contributed by atoms with Crippen LogP contribution in [0.5, 0.6) is 0 Å². The number of hydrogen-bond acceptors (Lipinski definition) is 3. The molecule has 0 amide bonds. The number of anilines is 1. The highest BCUT2D eigenvalue weighted by molar-refractivity contribution is 9.10. The van der Waals surface area contributed by atoms with Gasteiger partial charge < -0.3 is 9.73 Å². The topological polar surface area (TPSA) is 38.1 Å². The van der Waals surface area contributed by atoms with E-state index in [0.29, 0.717) is 0 Å². The molecule has 0 radical (unpaired) electrons. The first kappa shape index (κ1) is 12.9. The molecule has 0 spiro atoms. The number of nitrogens with one attached hydrogen (secondary N) is 1. The molecule has 0 fully saturated rings. The van der Waals surface area contributed by atoms with Crippen molar-refractivity contribution in [2.24, 2.45) is 0 Å². The van der Waals surface area contributed by atoms with Crippen LogP contribution in [0.25, 0.3) is 0 Å². The van der Waals surface area contributed by atoms with Gasteiger partial charge in [-0.05, 0) is 45.8 Å². The average Bonchev–Trinajstić information content (AvgIpc) is 3.01. The van der Waals surface area contributed by atoms with Gasteiger partial charge in [-0.2, -0.15) is 0 Å². The van der Waals surface area contributed by atoms with Crippen LogP contribution in [0.15, 0.2) is 76.1 Å². The monoisotopic (exact) mass is 328 g/mol. The molecule has 2 aromatic heterocycles. The van der Waals surface area contributed by atoms with Crippen LogP contribution in [0.4, 0.5) is 5.69 Å². The van der Waals surface area contributed by atoms with E-state index in [2.05, 4.69) is 38.4 Å². The van der Waals surface area contributed by atoms with Crippen LogP contribution < -0.4 is 5.32 Å². The Morgan fingerprint density at radius 1 is 1.00 bits per heavy atom. The maximum atomic E-state index is 5.55. The van der Waals surface area contributed by atoms with Gasteiger partial charge in [-0.15, -0.1) is 0 Å². The van der Waals surface area contributed by atoms with Gasteiger partial charge >= 0.3 is 0 Å². The lowest BCUT2D eigenvalue weighted by atomic mass is 10.0. The van der Waals surface area contributed by atoms with Crippen molar-refractivity contribution in [2.45, 2.75) is 6.04 Å². The number of furan rings is 1. The van der Waals surface area contributed by atoms with Crippen molar-refractivity contribution in [3.05, 3.63) is 83.0 Å². The van der Waals surface area contributed by atoms with Crippen LogP contribution in [0, 0.1) is 0 Å². The van der Waals surface area contributed by atoms with Gasteiger partial charge in [0.05, 0.1) is 18.1 Å². The van der Waals surface area contributed by atoms with Gasteiger partial charge in [-0.25, -0.2) is 4.98 Å². The van der Waals surface area contributed by atoms with Gasteiger partial charge in [0.2, 0.25) is 0 Å². The van der Waals surface area contributed by atoms with E-state index in [0.717, 1.165) is 21.6 Å². The van der Waals surface area contributed by atoms with Crippen molar-refractivity contribution in [2.75, 3.05) is 5.32 Å². The number of pyridine rings is 1. The number of nitrogens with zero attached hydrogens (tertiary/aromatic N) is 1. The number of aromatic nitrogens is 1. The summed E-state index contributed by atoms with van der Waals surface area (Å²) in [6.07, 6.45) is 3.48. The number of rotatable bonds is 4. The number of halogens is 1. The number of benzene rings is 1. The second kappa shape index (κ2) is 5.92. The summed E-state index contributed by atoms with van der Waals surface area (Å²) in [5.41, 5.74) is 2.09. The molecule has 0 saturated carbocycles. The highest BCUT2D eigenvalue weighted by Gasteiger charge is 2.16. The zero-order chi connectivity index (χ0) is 13.8. The molecule has 2 heterocycles. The predicted octanol–water partition coefficient (Wildman–Crippen LogP) is 4.64. The van der Waals surface area contributed by atoms with Gasteiger partial charge in [-0.3, -0.25) is 0 Å². The molecule has 3 rings (SSSR count). The van der Waals surface area contributed by atoms with E-state index in [4.69, 9.17) is 4.42 Å². The highest BCUT2D eigenvalue weighted by Crippen LogP contribution is 2.27. The van der Waals surface area contributed by atoms with Crippen LogP contribution in [0.1, 0.15) is 17.4 Å². The molecule has 20 heavy (non-hydrogen) atoms. The first-order chi connectivity index (χ1) is 9.83. The summed E-state index contributed by atoms with van der Waals surface area (Å²) >= 11 is 3.34. The molecule has 0 bridgehead atoms. The maximum Gasteiger partial charge on any atom is 0.130 e. The molecular formula is C16H13BrN2O. The molecule has 0 aliphatic carbocycles. The Hall–Kier alpha value is -2.07. The van der Waals surface area contributed by atoms with Gasteiger partial charge in [0.1, 0.15) is 16.4 Å². The molecular weight excluding hydrogens is 316 g/mol. The largest absolute Gasteiger partial charge is 0.467 e. The van der Waals surface area contributed by atoms with E-state index < -0.39 is 0 Å². The van der Waals surface area contributed by atoms with Gasteiger partial charge in [-0.1, -0.05) is 30.3 Å². The van der Waals surface area contributed by atoms with Crippen LogP contribution in [-0.2, 0) is 0 Å². The summed E-state index contributed by atoms with van der Waals surface area (Å²) in [5.74, 6) is 0.874. The first-order valence-corrected chi connectivity index (χ1v) is 7.09. The lowest BCUT2D eigenvalue weighted by Gasteiger charge is -2.18. The molecule has 0 aliphatic heterocycles. The van der Waals surface area contributed by atoms with Crippen molar-refractivity contribution in [1.82, 2.24) is 4.98 Å². The Morgan fingerprint density at radius 3 is 2.50 bits per heavy atom. The van der Waals surface area contributed by atoms with Crippen molar-refractivity contribution in [3.8, 4) is 0 Å². The van der Waals surface area contributed by atoms with E-state index in [9.17, 15) is 0 Å². The van der Waals surface area contributed by atoms with Crippen molar-refractivity contribution in [3.63, 3.8) is 0 Å². The smallest absolute Gasteiger partial charge is 0.130 e. The van der Waals surface area contributed by atoms with E-state index in [-0.39, 0.29) is 6.04 Å². The third-order valence-corrected chi connectivity index (χ3v) is 3.47. The quantitative estimate of drug-likeness (QED) is 0.709. The third-order valence-electron chi connectivity index (χ3n) is 3.00. The van der Waals surface area contributed by atoms with Crippen LogP contribution in [0.2, 0.25) is 0 Å². The minimum absolute atomic E-state index is 0.0332. The van der Waals surface area contributed by atoms with E-state index in [1.807, 2.05) is 42.5 Å². The van der Waals surface area contributed by atoms with Gasteiger partial charge in [0.25, 0.3) is 0 Å². The van der Waals surface area contributed by atoms with Crippen LogP contribution in [0.3, 0.4) is 0 Å². The summed E-state index contributed by atoms with van der Waals surface area (Å²) < 4.78 is 6.37. The fourth-order valence-corrected chi connectivity index (χ4v) is 2.28. The normalized spacial score (nSPS) is 12.1. The Morgan fingerprint density at radius 2 is 1.85 bits per heavy atom. The summed E-state index contributed by atoms with van der Waals surface area (Å²) in [7, 11) is 0. The standard InChI is InChI=1S/C16H13BrN2O/c17-15-9-8-13(11-18-15)19-16(14-7-4-10-20-14)12-5-2-1-3-6-12/h1-11,16,19H. The second-order valence-corrected chi connectivity index (χ2v) is 5.19. The number of hydrogen-bond donors (Lipinski definition) is 1. The molecule has 100 valence electrons. The van der Waals surface area contributed by atoms with Crippen molar-refractivity contribution < 1.29 is 4.42 Å². The highest BCUT2D eigenvalue weighted by atomic mass is 79.9. The molecule has 0 aliphatic rings. The zero-order valence-electron chi connectivity index (χ0n) is 10.7. The fourth-order valence-electron chi connectivity index (χ4n) is 2.05. The average molecular weight is 329 g/mol. The molecule has 4 heteroatoms. The van der Waals surface area contributed by atoms with Crippen LogP contribution in [-0.4, -0.2) is 4.98 Å². The molecule has 1 unspecified atom stereocenters. The molecule has 3 aromatic rings. The maximum absolute atomic E-state index is 5.55. The van der Waals surface area contributed by atoms with Gasteiger partial charge in [0, 0.05) is 0 Å². The first-order valence-electron chi connectivity index (χ1n) is 6.29. The van der Waals surface area contributed by atoms with Crippen molar-refractivity contribution in [1.29, 1.82) is 0 Å². The lowest BCUT2D eigenvalue weighted by Crippen LogP contribution is -2.11. The molecule has 0 saturated heterocycles. The molecule has 1 atom stereocenters. The SMILES string of the molecule is Brc1ccc(NC(c2ccccc2)c2ccco2)cn1. The Labute approximate surface area is 125 Å². The van der Waals surface area contributed by atoms with Crippen LogP contribution >= 0.6 is 15.9 Å².